The van der Waals surface area contributed by atoms with E-state index in [1.54, 1.807) is 14.0 Å². The Bertz CT molecular complexity index is 330. The fourth-order valence-corrected chi connectivity index (χ4v) is 3.33. The highest BCUT2D eigenvalue weighted by Crippen LogP contribution is 2.39. The molecule has 2 amide bonds. The molecule has 1 aliphatic rings. The Morgan fingerprint density at radius 1 is 1.42 bits per heavy atom. The first kappa shape index (κ1) is 16.1. The van der Waals surface area contributed by atoms with E-state index in [4.69, 9.17) is 5.11 Å². The lowest BCUT2D eigenvalue weighted by Crippen LogP contribution is -2.45. The van der Waals surface area contributed by atoms with Gasteiger partial charge in [-0.15, -0.1) is 0 Å². The standard InChI is InChI=1S/C13H24N2O3S/c1-10(11(16)17)8-15(2)12(18)14-9-13(19-3)6-4-5-7-13/h10H,4-9H2,1-3H3,(H,14,18)(H,16,17). The van der Waals surface area contributed by atoms with E-state index in [0.29, 0.717) is 6.54 Å². The van der Waals surface area contributed by atoms with Crippen molar-refractivity contribution in [3.63, 3.8) is 0 Å². The molecule has 2 N–H and O–H groups in total. The van der Waals surface area contributed by atoms with Gasteiger partial charge in [0, 0.05) is 24.9 Å². The average Bonchev–Trinajstić information content (AvgIpc) is 2.85. The summed E-state index contributed by atoms with van der Waals surface area (Å²) in [5, 5.41) is 11.8. The quantitative estimate of drug-likeness (QED) is 0.784. The molecule has 1 unspecified atom stereocenters. The number of hydrogen-bond acceptors (Lipinski definition) is 3. The van der Waals surface area contributed by atoms with Crippen LogP contribution in [0.3, 0.4) is 0 Å². The third-order valence-electron chi connectivity index (χ3n) is 3.83. The fourth-order valence-electron chi connectivity index (χ4n) is 2.42. The summed E-state index contributed by atoms with van der Waals surface area (Å²) < 4.78 is 0.176. The number of amides is 2. The number of carboxylic acid groups (broad SMARTS) is 1. The first-order chi connectivity index (χ1) is 8.90. The van der Waals surface area contributed by atoms with E-state index in [1.165, 1.54) is 17.7 Å². The van der Waals surface area contributed by atoms with Gasteiger partial charge < -0.3 is 15.3 Å². The highest BCUT2D eigenvalue weighted by atomic mass is 32.2. The summed E-state index contributed by atoms with van der Waals surface area (Å²) in [6.07, 6.45) is 6.83. The van der Waals surface area contributed by atoms with Crippen molar-refractivity contribution >= 4 is 23.8 Å². The van der Waals surface area contributed by atoms with Gasteiger partial charge in [-0.2, -0.15) is 11.8 Å². The second-order valence-electron chi connectivity index (χ2n) is 5.37. The van der Waals surface area contributed by atoms with Gasteiger partial charge in [0.05, 0.1) is 5.92 Å². The summed E-state index contributed by atoms with van der Waals surface area (Å²) in [5.41, 5.74) is 0. The van der Waals surface area contributed by atoms with Gasteiger partial charge in [0.1, 0.15) is 0 Å². The van der Waals surface area contributed by atoms with Crippen molar-refractivity contribution in [1.29, 1.82) is 0 Å². The Balaban J connectivity index is 2.39. The summed E-state index contributed by atoms with van der Waals surface area (Å²) in [4.78, 5) is 24.1. The van der Waals surface area contributed by atoms with Crippen molar-refractivity contribution in [3.8, 4) is 0 Å². The van der Waals surface area contributed by atoms with E-state index < -0.39 is 11.9 Å². The largest absolute Gasteiger partial charge is 0.481 e. The molecule has 0 spiro atoms. The Morgan fingerprint density at radius 2 is 2.00 bits per heavy atom. The van der Waals surface area contributed by atoms with Gasteiger partial charge in [0.2, 0.25) is 0 Å². The summed E-state index contributed by atoms with van der Waals surface area (Å²) in [6, 6.07) is -0.187. The number of urea groups is 1. The molecule has 19 heavy (non-hydrogen) atoms. The maximum atomic E-state index is 11.9. The molecule has 0 aromatic heterocycles. The zero-order chi connectivity index (χ0) is 14.5. The Morgan fingerprint density at radius 3 is 2.47 bits per heavy atom. The molecule has 110 valence electrons. The smallest absolute Gasteiger partial charge is 0.317 e. The minimum atomic E-state index is -0.879. The number of carbonyl (C=O) groups excluding carboxylic acids is 1. The number of carboxylic acids is 1. The monoisotopic (exact) mass is 288 g/mol. The predicted octanol–water partition coefficient (Wildman–Crippen LogP) is 2.02. The third-order valence-corrected chi connectivity index (χ3v) is 5.24. The summed E-state index contributed by atoms with van der Waals surface area (Å²) >= 11 is 1.83. The molecule has 1 fully saturated rings. The van der Waals surface area contributed by atoms with Gasteiger partial charge in [-0.3, -0.25) is 4.79 Å². The molecular weight excluding hydrogens is 264 g/mol. The van der Waals surface area contributed by atoms with Gasteiger partial charge in [0.25, 0.3) is 0 Å². The lowest BCUT2D eigenvalue weighted by Gasteiger charge is -2.28. The van der Waals surface area contributed by atoms with E-state index >= 15 is 0 Å². The summed E-state index contributed by atoms with van der Waals surface area (Å²) in [7, 11) is 1.63. The number of nitrogens with one attached hydrogen (secondary N) is 1. The van der Waals surface area contributed by atoms with Crippen LogP contribution in [0, 0.1) is 5.92 Å². The van der Waals surface area contributed by atoms with E-state index in [9.17, 15) is 9.59 Å². The highest BCUT2D eigenvalue weighted by molar-refractivity contribution is 8.00. The Kier molecular flexibility index (Phi) is 5.97. The van der Waals surface area contributed by atoms with Crippen LogP contribution in [0.5, 0.6) is 0 Å². The second kappa shape index (κ2) is 7.03. The number of rotatable bonds is 6. The van der Waals surface area contributed by atoms with E-state index in [1.807, 2.05) is 11.8 Å². The maximum Gasteiger partial charge on any atom is 0.317 e. The third kappa shape index (κ3) is 4.60. The number of nitrogens with zero attached hydrogens (tertiary/aromatic N) is 1. The van der Waals surface area contributed by atoms with Gasteiger partial charge in [-0.1, -0.05) is 19.8 Å². The number of aliphatic carboxylic acids is 1. The van der Waals surface area contributed by atoms with Gasteiger partial charge >= 0.3 is 12.0 Å². The minimum Gasteiger partial charge on any atom is -0.481 e. The number of thioether (sulfide) groups is 1. The zero-order valence-electron chi connectivity index (χ0n) is 11.9. The van der Waals surface area contributed by atoms with Crippen LogP contribution in [0.2, 0.25) is 0 Å². The topological polar surface area (TPSA) is 69.6 Å². The first-order valence-electron chi connectivity index (χ1n) is 6.67. The first-order valence-corrected chi connectivity index (χ1v) is 7.89. The SMILES string of the molecule is CSC1(CNC(=O)N(C)CC(C)C(=O)O)CCCC1. The van der Waals surface area contributed by atoms with Crippen LogP contribution in [0.1, 0.15) is 32.6 Å². The van der Waals surface area contributed by atoms with Crippen LogP contribution in [-0.4, -0.2) is 53.1 Å². The van der Waals surface area contributed by atoms with Crippen molar-refractivity contribution < 1.29 is 14.7 Å². The van der Waals surface area contributed by atoms with Crippen LogP contribution >= 0.6 is 11.8 Å². The molecule has 1 saturated carbocycles. The van der Waals surface area contributed by atoms with Crippen LogP contribution in [-0.2, 0) is 4.79 Å². The average molecular weight is 288 g/mol. The molecule has 0 radical (unpaired) electrons. The van der Waals surface area contributed by atoms with Crippen LogP contribution in [0.15, 0.2) is 0 Å². The predicted molar refractivity (Wildman–Crippen MR) is 77.5 cm³/mol. The van der Waals surface area contributed by atoms with Crippen LogP contribution in [0.25, 0.3) is 0 Å². The fraction of sp³-hybridized carbons (Fsp3) is 0.846. The molecule has 0 aromatic rings. The molecule has 6 heteroatoms. The van der Waals surface area contributed by atoms with E-state index in [-0.39, 0.29) is 17.3 Å². The molecule has 1 atom stereocenters. The lowest BCUT2D eigenvalue weighted by molar-refractivity contribution is -0.141. The molecule has 0 bridgehead atoms. The molecule has 1 rings (SSSR count). The normalized spacial score (nSPS) is 18.9. The molecule has 5 nitrogen and oxygen atoms in total. The van der Waals surface area contributed by atoms with Crippen molar-refractivity contribution in [2.75, 3.05) is 26.4 Å². The molecular formula is C13H24N2O3S. The molecule has 1 aliphatic carbocycles. The molecule has 0 aliphatic heterocycles. The van der Waals surface area contributed by atoms with Crippen LogP contribution in [0.4, 0.5) is 4.79 Å². The molecule has 0 saturated heterocycles. The van der Waals surface area contributed by atoms with Crippen molar-refractivity contribution in [1.82, 2.24) is 10.2 Å². The van der Waals surface area contributed by atoms with Gasteiger partial charge in [0.15, 0.2) is 0 Å². The highest BCUT2D eigenvalue weighted by Gasteiger charge is 2.33. The van der Waals surface area contributed by atoms with E-state index in [0.717, 1.165) is 12.8 Å². The molecule has 0 heterocycles. The van der Waals surface area contributed by atoms with Crippen LogP contribution < -0.4 is 5.32 Å². The van der Waals surface area contributed by atoms with Gasteiger partial charge in [-0.05, 0) is 19.1 Å². The maximum absolute atomic E-state index is 11.9. The minimum absolute atomic E-state index is 0.176. The number of carbonyl (C=O) groups is 2. The summed E-state index contributed by atoms with van der Waals surface area (Å²) in [5.74, 6) is -1.42. The zero-order valence-corrected chi connectivity index (χ0v) is 12.8. The Labute approximate surface area is 119 Å². The lowest BCUT2D eigenvalue weighted by atomic mass is 10.1. The Hall–Kier alpha value is -0.910. The summed E-state index contributed by atoms with van der Waals surface area (Å²) in [6.45, 7) is 2.50. The van der Waals surface area contributed by atoms with E-state index in [2.05, 4.69) is 11.6 Å². The van der Waals surface area contributed by atoms with Crippen molar-refractivity contribution in [2.24, 2.45) is 5.92 Å². The van der Waals surface area contributed by atoms with Crippen molar-refractivity contribution in [2.45, 2.75) is 37.4 Å². The number of hydrogen-bond donors (Lipinski definition) is 2. The van der Waals surface area contributed by atoms with Gasteiger partial charge in [-0.25, -0.2) is 4.79 Å². The van der Waals surface area contributed by atoms with Crippen molar-refractivity contribution in [3.05, 3.63) is 0 Å². The second-order valence-corrected chi connectivity index (χ2v) is 6.65. The molecule has 0 aromatic carbocycles.